The Hall–Kier alpha value is -3.80. The molecule has 4 rings (SSSR count). The standard InChI is InChI=1S/C21H17N3O3/c1-27-17-9-4-14(5-10-17)21(26)22-20-18-11-6-15(12-19(18)23-24-20)13-2-7-16(25)8-3-13/h2-12,25H,1H3,(H2,22,23,24,26). The molecule has 3 aromatic carbocycles. The number of benzene rings is 3. The molecular formula is C21H17N3O3. The Labute approximate surface area is 155 Å². The van der Waals surface area contributed by atoms with Crippen molar-refractivity contribution in [2.24, 2.45) is 0 Å². The van der Waals surface area contributed by atoms with Crippen LogP contribution in [0.5, 0.6) is 11.5 Å². The van der Waals surface area contributed by atoms with Crippen molar-refractivity contribution < 1.29 is 14.6 Å². The lowest BCUT2D eigenvalue weighted by Crippen LogP contribution is -2.12. The number of rotatable bonds is 4. The molecule has 6 heteroatoms. The number of hydrogen-bond acceptors (Lipinski definition) is 4. The van der Waals surface area contributed by atoms with Crippen LogP contribution in [-0.2, 0) is 0 Å². The van der Waals surface area contributed by atoms with E-state index in [0.717, 1.165) is 22.0 Å². The van der Waals surface area contributed by atoms with E-state index in [4.69, 9.17) is 4.74 Å². The summed E-state index contributed by atoms with van der Waals surface area (Å²) in [7, 11) is 1.58. The molecule has 0 aliphatic rings. The summed E-state index contributed by atoms with van der Waals surface area (Å²) in [4.78, 5) is 12.4. The first-order valence-corrected chi connectivity index (χ1v) is 8.37. The first kappa shape index (κ1) is 16.7. The smallest absolute Gasteiger partial charge is 0.256 e. The fourth-order valence-corrected chi connectivity index (χ4v) is 2.87. The van der Waals surface area contributed by atoms with E-state index in [1.165, 1.54) is 0 Å². The Kier molecular flexibility index (Phi) is 4.22. The topological polar surface area (TPSA) is 87.2 Å². The van der Waals surface area contributed by atoms with Crippen LogP contribution in [0.15, 0.2) is 66.7 Å². The van der Waals surface area contributed by atoms with Crippen molar-refractivity contribution in [1.82, 2.24) is 10.2 Å². The van der Waals surface area contributed by atoms with Gasteiger partial charge in [0.2, 0.25) is 0 Å². The number of phenols is 1. The Balaban J connectivity index is 1.59. The van der Waals surface area contributed by atoms with Gasteiger partial charge < -0.3 is 15.2 Å². The molecule has 0 saturated heterocycles. The van der Waals surface area contributed by atoms with Crippen molar-refractivity contribution in [2.45, 2.75) is 0 Å². The van der Waals surface area contributed by atoms with E-state index in [9.17, 15) is 9.90 Å². The summed E-state index contributed by atoms with van der Waals surface area (Å²) in [5, 5.41) is 20.2. The van der Waals surface area contributed by atoms with E-state index in [2.05, 4.69) is 15.5 Å². The Morgan fingerprint density at radius 1 is 1.00 bits per heavy atom. The average Bonchev–Trinajstić information content (AvgIpc) is 3.10. The van der Waals surface area contributed by atoms with Crippen LogP contribution >= 0.6 is 0 Å². The maximum atomic E-state index is 12.4. The SMILES string of the molecule is COc1ccc(C(=O)Nc2n[nH]c3cc(-c4ccc(O)cc4)ccc23)cc1. The molecule has 0 fully saturated rings. The van der Waals surface area contributed by atoms with Crippen molar-refractivity contribution in [3.05, 3.63) is 72.3 Å². The fourth-order valence-electron chi connectivity index (χ4n) is 2.87. The molecule has 1 aromatic heterocycles. The van der Waals surface area contributed by atoms with Gasteiger partial charge in [-0.3, -0.25) is 9.89 Å². The molecule has 0 unspecified atom stereocenters. The monoisotopic (exact) mass is 359 g/mol. The largest absolute Gasteiger partial charge is 0.508 e. The Morgan fingerprint density at radius 3 is 2.41 bits per heavy atom. The van der Waals surface area contributed by atoms with Gasteiger partial charge in [-0.15, -0.1) is 0 Å². The van der Waals surface area contributed by atoms with Gasteiger partial charge in [-0.2, -0.15) is 5.10 Å². The molecule has 4 aromatic rings. The van der Waals surface area contributed by atoms with Crippen molar-refractivity contribution in [1.29, 1.82) is 0 Å². The van der Waals surface area contributed by atoms with E-state index in [0.29, 0.717) is 17.1 Å². The van der Waals surface area contributed by atoms with Crippen LogP contribution in [-0.4, -0.2) is 28.3 Å². The highest BCUT2D eigenvalue weighted by molar-refractivity contribution is 6.08. The van der Waals surface area contributed by atoms with Gasteiger partial charge in [0.1, 0.15) is 11.5 Å². The second kappa shape index (κ2) is 6.84. The number of aromatic nitrogens is 2. The van der Waals surface area contributed by atoms with Crippen LogP contribution in [0.2, 0.25) is 0 Å². The Morgan fingerprint density at radius 2 is 1.70 bits per heavy atom. The third kappa shape index (κ3) is 3.32. The van der Waals surface area contributed by atoms with Gasteiger partial charge in [0.25, 0.3) is 5.91 Å². The number of fused-ring (bicyclic) bond motifs is 1. The molecule has 27 heavy (non-hydrogen) atoms. The van der Waals surface area contributed by atoms with Gasteiger partial charge in [-0.1, -0.05) is 18.2 Å². The third-order valence-corrected chi connectivity index (χ3v) is 4.35. The maximum absolute atomic E-state index is 12.4. The number of hydrogen-bond donors (Lipinski definition) is 3. The van der Waals surface area contributed by atoms with Crippen molar-refractivity contribution >= 4 is 22.6 Å². The van der Waals surface area contributed by atoms with Crippen molar-refractivity contribution in [3.63, 3.8) is 0 Å². The average molecular weight is 359 g/mol. The normalized spacial score (nSPS) is 10.7. The summed E-state index contributed by atoms with van der Waals surface area (Å²) in [6, 6.07) is 19.7. The number of aromatic amines is 1. The van der Waals surface area contributed by atoms with Gasteiger partial charge in [0, 0.05) is 10.9 Å². The number of amides is 1. The first-order chi connectivity index (χ1) is 13.1. The highest BCUT2D eigenvalue weighted by atomic mass is 16.5. The van der Waals surface area contributed by atoms with Gasteiger partial charge in [-0.05, 0) is 59.7 Å². The number of methoxy groups -OCH3 is 1. The van der Waals surface area contributed by atoms with Crippen LogP contribution in [0.4, 0.5) is 5.82 Å². The zero-order valence-corrected chi connectivity index (χ0v) is 14.6. The molecule has 0 aliphatic carbocycles. The lowest BCUT2D eigenvalue weighted by atomic mass is 10.0. The molecule has 1 heterocycles. The molecule has 134 valence electrons. The number of carbonyl (C=O) groups is 1. The molecule has 0 atom stereocenters. The van der Waals surface area contributed by atoms with E-state index < -0.39 is 0 Å². The second-order valence-electron chi connectivity index (χ2n) is 6.06. The zero-order chi connectivity index (χ0) is 18.8. The van der Waals surface area contributed by atoms with Crippen LogP contribution in [0.25, 0.3) is 22.0 Å². The van der Waals surface area contributed by atoms with E-state index >= 15 is 0 Å². The number of carbonyl (C=O) groups excluding carboxylic acids is 1. The summed E-state index contributed by atoms with van der Waals surface area (Å²) in [5.41, 5.74) is 3.30. The number of H-pyrrole nitrogens is 1. The number of phenolic OH excluding ortho intramolecular Hbond substituents is 1. The minimum Gasteiger partial charge on any atom is -0.508 e. The predicted molar refractivity (Wildman–Crippen MR) is 104 cm³/mol. The molecule has 0 spiro atoms. The summed E-state index contributed by atoms with van der Waals surface area (Å²) in [5.74, 6) is 1.15. The van der Waals surface area contributed by atoms with Crippen molar-refractivity contribution in [2.75, 3.05) is 12.4 Å². The van der Waals surface area contributed by atoms with Crippen LogP contribution in [0.3, 0.4) is 0 Å². The lowest BCUT2D eigenvalue weighted by molar-refractivity contribution is 0.102. The Bertz CT molecular complexity index is 1100. The molecule has 0 saturated carbocycles. The van der Waals surface area contributed by atoms with Crippen LogP contribution in [0, 0.1) is 0 Å². The van der Waals surface area contributed by atoms with E-state index in [1.807, 2.05) is 30.3 Å². The summed E-state index contributed by atoms with van der Waals surface area (Å²) >= 11 is 0. The zero-order valence-electron chi connectivity index (χ0n) is 14.6. The minimum absolute atomic E-state index is 0.227. The van der Waals surface area contributed by atoms with Gasteiger partial charge in [0.05, 0.1) is 12.6 Å². The molecular weight excluding hydrogens is 342 g/mol. The first-order valence-electron chi connectivity index (χ1n) is 8.37. The third-order valence-electron chi connectivity index (χ3n) is 4.35. The van der Waals surface area contributed by atoms with Crippen LogP contribution < -0.4 is 10.1 Å². The van der Waals surface area contributed by atoms with E-state index in [-0.39, 0.29) is 11.7 Å². The molecule has 3 N–H and O–H groups in total. The van der Waals surface area contributed by atoms with Gasteiger partial charge in [0.15, 0.2) is 5.82 Å². The number of nitrogens with zero attached hydrogens (tertiary/aromatic N) is 1. The molecule has 1 amide bonds. The maximum Gasteiger partial charge on any atom is 0.256 e. The lowest BCUT2D eigenvalue weighted by Gasteiger charge is -2.05. The second-order valence-corrected chi connectivity index (χ2v) is 6.06. The fraction of sp³-hybridized carbons (Fsp3) is 0.0476. The molecule has 6 nitrogen and oxygen atoms in total. The number of nitrogens with one attached hydrogen (secondary N) is 2. The van der Waals surface area contributed by atoms with Crippen molar-refractivity contribution in [3.8, 4) is 22.6 Å². The molecule has 0 aliphatic heterocycles. The minimum atomic E-state index is -0.242. The summed E-state index contributed by atoms with van der Waals surface area (Å²) < 4.78 is 5.10. The van der Waals surface area contributed by atoms with E-state index in [1.54, 1.807) is 43.5 Å². The molecule has 0 bridgehead atoms. The number of aromatic hydroxyl groups is 1. The highest BCUT2D eigenvalue weighted by Crippen LogP contribution is 2.28. The summed E-state index contributed by atoms with van der Waals surface area (Å²) in [6.45, 7) is 0. The van der Waals surface area contributed by atoms with Gasteiger partial charge >= 0.3 is 0 Å². The quantitative estimate of drug-likeness (QED) is 0.510. The van der Waals surface area contributed by atoms with Crippen LogP contribution in [0.1, 0.15) is 10.4 Å². The predicted octanol–water partition coefficient (Wildman–Crippen LogP) is 4.20. The summed E-state index contributed by atoms with van der Waals surface area (Å²) in [6.07, 6.45) is 0. The molecule has 0 radical (unpaired) electrons. The number of anilines is 1. The number of ether oxygens (including phenoxy) is 1. The highest BCUT2D eigenvalue weighted by Gasteiger charge is 2.12. The van der Waals surface area contributed by atoms with Gasteiger partial charge in [-0.25, -0.2) is 0 Å².